The SMILES string of the molecule is CCn1nc(C(C)(C)C)c(C#N)c1N=Nc1c(C(C)(C)C)nn2c(C(C)C)nn(CC)c12. The predicted molar refractivity (Wildman–Crippen MR) is 125 cm³/mol. The molecule has 0 saturated heterocycles. The summed E-state index contributed by atoms with van der Waals surface area (Å²) in [6, 6.07) is 2.30. The van der Waals surface area contributed by atoms with Crippen molar-refractivity contribution in [2.45, 2.75) is 99.1 Å². The maximum Gasteiger partial charge on any atom is 0.191 e. The Morgan fingerprint density at radius 1 is 0.875 bits per heavy atom. The summed E-state index contributed by atoms with van der Waals surface area (Å²) in [5.74, 6) is 1.58. The van der Waals surface area contributed by atoms with Crippen LogP contribution in [0.25, 0.3) is 5.65 Å². The molecule has 9 nitrogen and oxygen atoms in total. The molecule has 0 fully saturated rings. The first-order valence-electron chi connectivity index (χ1n) is 11.3. The highest BCUT2D eigenvalue weighted by Gasteiger charge is 2.30. The van der Waals surface area contributed by atoms with E-state index in [0.29, 0.717) is 30.2 Å². The molecule has 3 aromatic heterocycles. The average molecular weight is 438 g/mol. The molecule has 0 aliphatic rings. The predicted octanol–water partition coefficient (Wildman–Crippen LogP) is 5.77. The van der Waals surface area contributed by atoms with Gasteiger partial charge < -0.3 is 0 Å². The van der Waals surface area contributed by atoms with Crippen LogP contribution in [-0.4, -0.2) is 29.2 Å². The summed E-state index contributed by atoms with van der Waals surface area (Å²) in [5.41, 5.74) is 3.03. The van der Waals surface area contributed by atoms with Gasteiger partial charge in [0, 0.05) is 29.8 Å². The monoisotopic (exact) mass is 437 g/mol. The minimum Gasteiger partial charge on any atom is -0.245 e. The topological polar surface area (TPSA) is 101 Å². The van der Waals surface area contributed by atoms with Crippen LogP contribution >= 0.6 is 0 Å². The van der Waals surface area contributed by atoms with Gasteiger partial charge in [0.05, 0.1) is 11.4 Å². The van der Waals surface area contributed by atoms with Crippen LogP contribution in [0.5, 0.6) is 0 Å². The van der Waals surface area contributed by atoms with Gasteiger partial charge in [0.15, 0.2) is 23.0 Å². The van der Waals surface area contributed by atoms with Crippen molar-refractivity contribution in [2.75, 3.05) is 0 Å². The fourth-order valence-electron chi connectivity index (χ4n) is 3.68. The highest BCUT2D eigenvalue weighted by molar-refractivity contribution is 5.69. The van der Waals surface area contributed by atoms with Crippen LogP contribution in [0, 0.1) is 11.3 Å². The average Bonchev–Trinajstić information content (AvgIpc) is 3.34. The standard InChI is InChI=1S/C23H35N9/c1-11-30-20(15(13-24)17(27-30)22(5,6)7)26-25-16-18(23(8,9)10)28-32-19(14(3)4)29-31(12-2)21(16)32/h14H,11-12H2,1-10H3. The fourth-order valence-corrected chi connectivity index (χ4v) is 3.68. The van der Waals surface area contributed by atoms with Gasteiger partial charge in [-0.05, 0) is 13.8 Å². The number of nitriles is 1. The molecule has 0 saturated carbocycles. The van der Waals surface area contributed by atoms with Crippen molar-refractivity contribution in [2.24, 2.45) is 10.2 Å². The van der Waals surface area contributed by atoms with Crippen LogP contribution in [0.2, 0.25) is 0 Å². The molecule has 0 radical (unpaired) electrons. The first-order valence-corrected chi connectivity index (χ1v) is 11.3. The number of aromatic nitrogens is 6. The van der Waals surface area contributed by atoms with Gasteiger partial charge in [0.25, 0.3) is 0 Å². The van der Waals surface area contributed by atoms with Crippen LogP contribution < -0.4 is 0 Å². The Hall–Kier alpha value is -3.02. The number of azo groups is 1. The van der Waals surface area contributed by atoms with Crippen LogP contribution in [0.4, 0.5) is 11.5 Å². The Labute approximate surface area is 190 Å². The van der Waals surface area contributed by atoms with Gasteiger partial charge in [0.1, 0.15) is 11.6 Å². The normalized spacial score (nSPS) is 13.1. The maximum atomic E-state index is 9.90. The van der Waals surface area contributed by atoms with E-state index in [-0.39, 0.29) is 16.7 Å². The first-order chi connectivity index (χ1) is 14.8. The molecule has 3 heterocycles. The Morgan fingerprint density at radius 3 is 1.94 bits per heavy atom. The van der Waals surface area contributed by atoms with E-state index in [0.717, 1.165) is 22.9 Å². The van der Waals surface area contributed by atoms with E-state index in [9.17, 15) is 5.26 Å². The summed E-state index contributed by atoms with van der Waals surface area (Å²) >= 11 is 0. The minimum atomic E-state index is -0.274. The van der Waals surface area contributed by atoms with Crippen LogP contribution in [0.15, 0.2) is 10.2 Å². The van der Waals surface area contributed by atoms with Crippen LogP contribution in [0.1, 0.15) is 97.9 Å². The van der Waals surface area contributed by atoms with Gasteiger partial charge in [-0.25, -0.2) is 9.36 Å². The van der Waals surface area contributed by atoms with Crippen LogP contribution in [-0.2, 0) is 23.9 Å². The van der Waals surface area contributed by atoms with E-state index in [4.69, 9.17) is 15.3 Å². The number of rotatable bonds is 5. The zero-order chi connectivity index (χ0) is 24.0. The highest BCUT2D eigenvalue weighted by atomic mass is 15.5. The number of nitrogens with zero attached hydrogens (tertiary/aromatic N) is 9. The lowest BCUT2D eigenvalue weighted by molar-refractivity contribution is 0.540. The zero-order valence-electron chi connectivity index (χ0n) is 21.0. The van der Waals surface area contributed by atoms with Crippen molar-refractivity contribution in [3.05, 3.63) is 22.8 Å². The zero-order valence-corrected chi connectivity index (χ0v) is 21.0. The molecule has 0 aliphatic carbocycles. The molecule has 0 aliphatic heterocycles. The Kier molecular flexibility index (Phi) is 6.02. The lowest BCUT2D eigenvalue weighted by Crippen LogP contribution is -2.14. The molecule has 172 valence electrons. The smallest absolute Gasteiger partial charge is 0.191 e. The van der Waals surface area contributed by atoms with E-state index in [1.165, 1.54) is 0 Å². The Morgan fingerprint density at radius 2 is 1.47 bits per heavy atom. The summed E-state index contributed by atoms with van der Waals surface area (Å²) < 4.78 is 5.57. The van der Waals surface area contributed by atoms with E-state index in [1.807, 2.05) is 36.9 Å². The summed E-state index contributed by atoms with van der Waals surface area (Å²) in [5, 5.41) is 33.5. The van der Waals surface area contributed by atoms with E-state index < -0.39 is 0 Å². The first kappa shape index (κ1) is 23.6. The summed E-state index contributed by atoms with van der Waals surface area (Å²) in [4.78, 5) is 0. The summed E-state index contributed by atoms with van der Waals surface area (Å²) in [7, 11) is 0. The van der Waals surface area contributed by atoms with E-state index >= 15 is 0 Å². The van der Waals surface area contributed by atoms with Gasteiger partial charge in [-0.2, -0.15) is 25.1 Å². The maximum absolute atomic E-state index is 9.90. The van der Waals surface area contributed by atoms with Crippen molar-refractivity contribution in [1.29, 1.82) is 5.26 Å². The third kappa shape index (κ3) is 3.94. The van der Waals surface area contributed by atoms with Gasteiger partial charge >= 0.3 is 0 Å². The van der Waals surface area contributed by atoms with Gasteiger partial charge in [-0.1, -0.05) is 55.4 Å². The molecule has 0 amide bonds. The molecule has 9 heteroatoms. The molecule has 3 rings (SSSR count). The highest BCUT2D eigenvalue weighted by Crippen LogP contribution is 2.38. The van der Waals surface area contributed by atoms with Crippen molar-refractivity contribution < 1.29 is 0 Å². The molecular formula is C23H35N9. The van der Waals surface area contributed by atoms with E-state index in [1.54, 1.807) is 4.68 Å². The second kappa shape index (κ2) is 8.15. The number of aryl methyl sites for hydroxylation is 2. The van der Waals surface area contributed by atoms with Gasteiger partial charge in [-0.3, -0.25) is 0 Å². The summed E-state index contributed by atoms with van der Waals surface area (Å²) in [6.07, 6.45) is 0. The number of hydrogen-bond donors (Lipinski definition) is 0. The molecule has 32 heavy (non-hydrogen) atoms. The van der Waals surface area contributed by atoms with Crippen molar-refractivity contribution in [3.63, 3.8) is 0 Å². The molecule has 0 unspecified atom stereocenters. The van der Waals surface area contributed by atoms with Crippen molar-refractivity contribution >= 4 is 17.2 Å². The summed E-state index contributed by atoms with van der Waals surface area (Å²) in [6.45, 7) is 22.0. The molecule has 3 aromatic rings. The molecule has 0 aromatic carbocycles. The molecule has 0 N–H and O–H groups in total. The van der Waals surface area contributed by atoms with Crippen molar-refractivity contribution in [1.82, 2.24) is 29.2 Å². The Balaban J connectivity index is 2.30. The Bertz CT molecular complexity index is 1200. The molecular weight excluding hydrogens is 402 g/mol. The largest absolute Gasteiger partial charge is 0.245 e. The lowest BCUT2D eigenvalue weighted by Gasteiger charge is -2.15. The minimum absolute atomic E-state index is 0.212. The van der Waals surface area contributed by atoms with Gasteiger partial charge in [-0.15, -0.1) is 10.2 Å². The quantitative estimate of drug-likeness (QED) is 0.473. The number of fused-ring (bicyclic) bond motifs is 1. The molecule has 0 bridgehead atoms. The third-order valence-corrected chi connectivity index (χ3v) is 5.34. The fraction of sp³-hybridized carbons (Fsp3) is 0.652. The lowest BCUT2D eigenvalue weighted by atomic mass is 9.90. The van der Waals surface area contributed by atoms with Crippen molar-refractivity contribution in [3.8, 4) is 6.07 Å². The second-order valence-electron chi connectivity index (χ2n) is 10.4. The van der Waals surface area contributed by atoms with Gasteiger partial charge in [0.2, 0.25) is 0 Å². The number of hydrogen-bond acceptors (Lipinski definition) is 6. The molecule has 0 atom stereocenters. The second-order valence-corrected chi connectivity index (χ2v) is 10.4. The van der Waals surface area contributed by atoms with Crippen LogP contribution in [0.3, 0.4) is 0 Å². The van der Waals surface area contributed by atoms with E-state index in [2.05, 4.69) is 57.8 Å². The molecule has 0 spiro atoms. The third-order valence-electron chi connectivity index (χ3n) is 5.34.